The highest BCUT2D eigenvalue weighted by atomic mass is 16.5. The molecule has 8 heteroatoms. The van der Waals surface area contributed by atoms with Crippen molar-refractivity contribution in [3.63, 3.8) is 0 Å². The highest BCUT2D eigenvalue weighted by molar-refractivity contribution is 5.35. The van der Waals surface area contributed by atoms with Crippen LogP contribution in [-0.4, -0.2) is 43.8 Å². The van der Waals surface area contributed by atoms with Crippen LogP contribution in [0.3, 0.4) is 0 Å². The van der Waals surface area contributed by atoms with Gasteiger partial charge in [-0.2, -0.15) is 10.3 Å². The minimum absolute atomic E-state index is 0.0376. The van der Waals surface area contributed by atoms with Gasteiger partial charge in [-0.05, 0) is 12.5 Å². The maximum absolute atomic E-state index is 9.09. The van der Waals surface area contributed by atoms with E-state index in [-0.39, 0.29) is 23.4 Å². The fourth-order valence-corrected chi connectivity index (χ4v) is 1.92. The molecule has 8 nitrogen and oxygen atoms in total. The molecule has 0 radical (unpaired) electrons. The van der Waals surface area contributed by atoms with Gasteiger partial charge in [-0.15, -0.1) is 5.10 Å². The van der Waals surface area contributed by atoms with E-state index >= 15 is 0 Å². The molecule has 3 N–H and O–H groups in total. The number of nitrogens with one attached hydrogen (secondary N) is 1. The van der Waals surface area contributed by atoms with Crippen LogP contribution in [-0.2, 0) is 4.74 Å². The summed E-state index contributed by atoms with van der Waals surface area (Å²) in [4.78, 5) is 4.10. The Bertz CT molecular complexity index is 681. The highest BCUT2D eigenvalue weighted by Gasteiger charge is 2.17. The summed E-state index contributed by atoms with van der Waals surface area (Å²) in [5.41, 5.74) is 0.661. The Morgan fingerprint density at radius 1 is 1.36 bits per heavy atom. The molecule has 114 valence electrons. The average molecular weight is 302 g/mol. The van der Waals surface area contributed by atoms with E-state index < -0.39 is 6.29 Å². The molecule has 2 aromatic heterocycles. The Labute approximate surface area is 126 Å². The molecule has 0 spiro atoms. The highest BCUT2D eigenvalue weighted by Crippen LogP contribution is 2.23. The van der Waals surface area contributed by atoms with Crippen molar-refractivity contribution in [2.24, 2.45) is 5.92 Å². The molecular formula is C14H14N4O4. The number of aliphatic hydroxyl groups is 2. The van der Waals surface area contributed by atoms with E-state index in [0.29, 0.717) is 6.61 Å². The van der Waals surface area contributed by atoms with Crippen molar-refractivity contribution in [3.05, 3.63) is 29.6 Å². The fourth-order valence-electron chi connectivity index (χ4n) is 1.92. The van der Waals surface area contributed by atoms with E-state index in [9.17, 15) is 0 Å². The Morgan fingerprint density at radius 2 is 2.27 bits per heavy atom. The number of aliphatic hydroxyl groups excluding tert-OH is 1. The summed E-state index contributed by atoms with van der Waals surface area (Å²) in [6, 6.07) is 3.39. The van der Waals surface area contributed by atoms with Crippen molar-refractivity contribution in [1.82, 2.24) is 20.4 Å². The van der Waals surface area contributed by atoms with Crippen LogP contribution in [0.25, 0.3) is 0 Å². The summed E-state index contributed by atoms with van der Waals surface area (Å²) in [7, 11) is 0. The lowest BCUT2D eigenvalue weighted by molar-refractivity contribution is -0.0471. The van der Waals surface area contributed by atoms with Crippen LogP contribution in [0, 0.1) is 17.8 Å². The molecule has 3 heterocycles. The van der Waals surface area contributed by atoms with Crippen LogP contribution in [0.2, 0.25) is 0 Å². The largest absolute Gasteiger partial charge is 0.417 e. The maximum Gasteiger partial charge on any atom is 0.268 e. The monoisotopic (exact) mass is 302 g/mol. The van der Waals surface area contributed by atoms with E-state index in [4.69, 9.17) is 19.7 Å². The van der Waals surface area contributed by atoms with E-state index in [1.54, 1.807) is 18.3 Å². The molecule has 2 aromatic rings. The van der Waals surface area contributed by atoms with Crippen LogP contribution in [0.5, 0.6) is 11.8 Å². The van der Waals surface area contributed by atoms with Crippen molar-refractivity contribution in [2.75, 3.05) is 13.2 Å². The van der Waals surface area contributed by atoms with Crippen LogP contribution in [0.4, 0.5) is 0 Å². The fraction of sp³-hybridized carbons (Fsp3) is 0.357. The van der Waals surface area contributed by atoms with Gasteiger partial charge in [-0.1, -0.05) is 11.8 Å². The molecule has 0 aliphatic carbocycles. The number of H-pyrrole nitrogens is 1. The van der Waals surface area contributed by atoms with Crippen molar-refractivity contribution in [1.29, 1.82) is 0 Å². The normalized spacial score (nSPS) is 17.3. The van der Waals surface area contributed by atoms with E-state index in [0.717, 1.165) is 18.6 Å². The van der Waals surface area contributed by atoms with Gasteiger partial charge in [0.25, 0.3) is 5.88 Å². The van der Waals surface area contributed by atoms with Gasteiger partial charge in [0, 0.05) is 30.4 Å². The molecule has 1 unspecified atom stereocenters. The van der Waals surface area contributed by atoms with Gasteiger partial charge < -0.3 is 19.7 Å². The smallest absolute Gasteiger partial charge is 0.268 e. The predicted octanol–water partition coefficient (Wildman–Crippen LogP) is 0.363. The zero-order valence-electron chi connectivity index (χ0n) is 11.6. The topological polar surface area (TPSA) is 113 Å². The van der Waals surface area contributed by atoms with Crippen molar-refractivity contribution in [3.8, 4) is 23.6 Å². The van der Waals surface area contributed by atoms with Crippen LogP contribution in [0.1, 0.15) is 24.0 Å². The summed E-state index contributed by atoms with van der Waals surface area (Å²) < 4.78 is 10.6. The number of ether oxygens (including phenoxy) is 2. The van der Waals surface area contributed by atoms with Gasteiger partial charge in [-0.3, -0.25) is 0 Å². The van der Waals surface area contributed by atoms with Crippen LogP contribution >= 0.6 is 0 Å². The lowest BCUT2D eigenvalue weighted by Crippen LogP contribution is -1.99. The summed E-state index contributed by atoms with van der Waals surface area (Å²) in [5.74, 6) is 6.67. The Hall–Kier alpha value is -2.47. The number of rotatable bonds is 3. The molecule has 1 aliphatic rings. The molecule has 1 atom stereocenters. The molecule has 22 heavy (non-hydrogen) atoms. The number of aromatic amines is 1. The Morgan fingerprint density at radius 3 is 2.95 bits per heavy atom. The quantitative estimate of drug-likeness (QED) is 0.554. The van der Waals surface area contributed by atoms with Gasteiger partial charge in [0.05, 0.1) is 6.61 Å². The van der Waals surface area contributed by atoms with Crippen LogP contribution < -0.4 is 4.74 Å². The van der Waals surface area contributed by atoms with Gasteiger partial charge in [0.15, 0.2) is 5.69 Å². The number of nitrogens with zero attached hydrogens (tertiary/aromatic N) is 3. The zero-order valence-corrected chi connectivity index (χ0v) is 11.6. The molecule has 1 aliphatic heterocycles. The lowest BCUT2D eigenvalue weighted by atomic mass is 10.1. The van der Waals surface area contributed by atoms with Crippen molar-refractivity contribution >= 4 is 0 Å². The van der Waals surface area contributed by atoms with E-state index in [1.807, 2.05) is 0 Å². The first-order valence-electron chi connectivity index (χ1n) is 6.72. The minimum Gasteiger partial charge on any atom is -0.417 e. The zero-order chi connectivity index (χ0) is 15.4. The summed E-state index contributed by atoms with van der Waals surface area (Å²) in [6.07, 6.45) is 0.764. The lowest BCUT2D eigenvalue weighted by Gasteiger charge is -2.03. The third-order valence-corrected chi connectivity index (χ3v) is 3.07. The first kappa shape index (κ1) is 14.5. The Kier molecular flexibility index (Phi) is 4.29. The third kappa shape index (κ3) is 3.40. The minimum atomic E-state index is -1.77. The molecule has 1 saturated heterocycles. The Balaban J connectivity index is 1.67. The standard InChI is InChI=1S/C14H14N4O4/c19-14(20)12-13(17-18-16-12)22-11-4-3-9(7-15-11)1-2-10-5-6-21-8-10/h3-4,7,10,14,19-20H,5-6,8H2,(H,16,17,18). The number of hydrogen-bond donors (Lipinski definition) is 3. The first-order chi connectivity index (χ1) is 10.7. The average Bonchev–Trinajstić information content (AvgIpc) is 3.17. The molecule has 0 aromatic carbocycles. The van der Waals surface area contributed by atoms with Crippen LogP contribution in [0.15, 0.2) is 18.3 Å². The number of hydrogen-bond acceptors (Lipinski definition) is 7. The molecule has 0 bridgehead atoms. The predicted molar refractivity (Wildman–Crippen MR) is 73.7 cm³/mol. The van der Waals surface area contributed by atoms with Gasteiger partial charge >= 0.3 is 0 Å². The van der Waals surface area contributed by atoms with Gasteiger partial charge in [0.2, 0.25) is 12.2 Å². The SMILES string of the molecule is OC(O)c1n[nH]nc1Oc1ccc(C#CC2CCOC2)cn1. The second kappa shape index (κ2) is 6.53. The van der Waals surface area contributed by atoms with Gasteiger partial charge in [0.1, 0.15) is 0 Å². The van der Waals surface area contributed by atoms with Crippen molar-refractivity contribution in [2.45, 2.75) is 12.7 Å². The van der Waals surface area contributed by atoms with E-state index in [1.165, 1.54) is 0 Å². The molecule has 0 saturated carbocycles. The number of aromatic nitrogens is 4. The summed E-state index contributed by atoms with van der Waals surface area (Å²) in [6.45, 7) is 1.45. The molecule has 0 amide bonds. The second-order valence-corrected chi connectivity index (χ2v) is 4.70. The number of pyridine rings is 1. The summed E-state index contributed by atoms with van der Waals surface area (Å²) >= 11 is 0. The molecular weight excluding hydrogens is 288 g/mol. The first-order valence-corrected chi connectivity index (χ1v) is 6.72. The summed E-state index contributed by atoms with van der Waals surface area (Å²) in [5, 5.41) is 27.7. The van der Waals surface area contributed by atoms with Gasteiger partial charge in [-0.25, -0.2) is 4.98 Å². The molecule has 3 rings (SSSR count). The molecule has 1 fully saturated rings. The second-order valence-electron chi connectivity index (χ2n) is 4.70. The van der Waals surface area contributed by atoms with Crippen molar-refractivity contribution < 1.29 is 19.7 Å². The van der Waals surface area contributed by atoms with E-state index in [2.05, 4.69) is 32.2 Å². The maximum atomic E-state index is 9.09. The third-order valence-electron chi connectivity index (χ3n) is 3.07.